The summed E-state index contributed by atoms with van der Waals surface area (Å²) >= 11 is 1.57. The highest BCUT2D eigenvalue weighted by Crippen LogP contribution is 2.55. The first-order valence-electron chi connectivity index (χ1n) is 8.47. The van der Waals surface area contributed by atoms with Crippen LogP contribution in [0.25, 0.3) is 0 Å². The van der Waals surface area contributed by atoms with Crippen molar-refractivity contribution in [1.82, 2.24) is 5.32 Å². The number of hydrogen-bond donors (Lipinski definition) is 1. The molecule has 25 heavy (non-hydrogen) atoms. The number of hydrogen-bond acceptors (Lipinski definition) is 5. The number of nitriles is 1. The van der Waals surface area contributed by atoms with E-state index >= 15 is 0 Å². The molecule has 1 aromatic rings. The zero-order valence-corrected chi connectivity index (χ0v) is 15.8. The maximum absolute atomic E-state index is 12.8. The Morgan fingerprint density at radius 1 is 1.32 bits per heavy atom. The number of amides is 1. The number of fused-ring (bicyclic) bond motifs is 1. The lowest BCUT2D eigenvalue weighted by molar-refractivity contribution is -0.127. The Morgan fingerprint density at radius 3 is 2.68 bits per heavy atom. The van der Waals surface area contributed by atoms with Gasteiger partial charge in [-0.2, -0.15) is 5.26 Å². The first-order valence-corrected chi connectivity index (χ1v) is 11.4. The SMILES string of the molecule is CSc1ccc(S(=O)(=O)C[C@H]2CC[C@H]3C[C@H]3[C@@H]2C(=O)NCC#N)cc1. The van der Waals surface area contributed by atoms with E-state index in [2.05, 4.69) is 5.32 Å². The molecule has 0 radical (unpaired) electrons. The lowest BCUT2D eigenvalue weighted by atomic mass is 9.79. The lowest BCUT2D eigenvalue weighted by Crippen LogP contribution is -2.41. The van der Waals surface area contributed by atoms with Crippen LogP contribution in [-0.2, 0) is 14.6 Å². The molecule has 1 aromatic carbocycles. The summed E-state index contributed by atoms with van der Waals surface area (Å²) in [5.41, 5.74) is 0. The van der Waals surface area contributed by atoms with Gasteiger partial charge in [0, 0.05) is 10.8 Å². The van der Waals surface area contributed by atoms with Crippen LogP contribution < -0.4 is 5.32 Å². The fourth-order valence-electron chi connectivity index (χ4n) is 4.00. The first kappa shape index (κ1) is 18.3. The molecule has 0 spiro atoms. The van der Waals surface area contributed by atoms with Gasteiger partial charge in [-0.1, -0.05) is 0 Å². The third-order valence-electron chi connectivity index (χ3n) is 5.35. The summed E-state index contributed by atoms with van der Waals surface area (Å²) in [6.07, 6.45) is 4.71. The van der Waals surface area contributed by atoms with Gasteiger partial charge < -0.3 is 5.32 Å². The highest BCUT2D eigenvalue weighted by atomic mass is 32.2. The molecule has 2 aliphatic carbocycles. The Labute approximate surface area is 153 Å². The van der Waals surface area contributed by atoms with Gasteiger partial charge in [0.15, 0.2) is 9.84 Å². The minimum Gasteiger partial charge on any atom is -0.343 e. The third-order valence-corrected chi connectivity index (χ3v) is 7.95. The summed E-state index contributed by atoms with van der Waals surface area (Å²) in [5.74, 6) is 0.218. The molecule has 4 atom stereocenters. The predicted octanol–water partition coefficient (Wildman–Crippen LogP) is 2.48. The summed E-state index contributed by atoms with van der Waals surface area (Å²) in [6, 6.07) is 8.83. The van der Waals surface area contributed by atoms with Crippen LogP contribution in [0.15, 0.2) is 34.1 Å². The van der Waals surface area contributed by atoms with Crippen molar-refractivity contribution in [3.8, 4) is 6.07 Å². The molecule has 0 bridgehead atoms. The van der Waals surface area contributed by atoms with E-state index in [0.717, 1.165) is 24.2 Å². The van der Waals surface area contributed by atoms with Crippen molar-refractivity contribution in [1.29, 1.82) is 5.26 Å². The van der Waals surface area contributed by atoms with E-state index in [1.165, 1.54) is 0 Å². The largest absolute Gasteiger partial charge is 0.343 e. The van der Waals surface area contributed by atoms with Crippen molar-refractivity contribution >= 4 is 27.5 Å². The Hall–Kier alpha value is -1.52. The minimum atomic E-state index is -3.43. The highest BCUT2D eigenvalue weighted by molar-refractivity contribution is 7.98. The van der Waals surface area contributed by atoms with E-state index in [-0.39, 0.29) is 36.0 Å². The van der Waals surface area contributed by atoms with Gasteiger partial charge >= 0.3 is 0 Å². The van der Waals surface area contributed by atoms with Crippen molar-refractivity contribution < 1.29 is 13.2 Å². The predicted molar refractivity (Wildman–Crippen MR) is 96.7 cm³/mol. The van der Waals surface area contributed by atoms with Crippen LogP contribution in [0.2, 0.25) is 0 Å². The number of benzene rings is 1. The van der Waals surface area contributed by atoms with Gasteiger partial charge in [0.05, 0.1) is 16.7 Å². The Bertz CT molecular complexity index is 784. The Morgan fingerprint density at radius 2 is 2.04 bits per heavy atom. The van der Waals surface area contributed by atoms with E-state index in [4.69, 9.17) is 5.26 Å². The molecular formula is C18H22N2O3S2. The molecule has 7 heteroatoms. The molecule has 0 unspecified atom stereocenters. The summed E-state index contributed by atoms with van der Waals surface area (Å²) in [5, 5.41) is 11.3. The molecule has 0 aliphatic heterocycles. The average Bonchev–Trinajstić information content (AvgIpc) is 3.38. The van der Waals surface area contributed by atoms with Crippen LogP contribution in [0.1, 0.15) is 19.3 Å². The molecule has 5 nitrogen and oxygen atoms in total. The van der Waals surface area contributed by atoms with E-state index < -0.39 is 9.84 Å². The van der Waals surface area contributed by atoms with Crippen LogP contribution in [0.5, 0.6) is 0 Å². The second-order valence-corrected chi connectivity index (χ2v) is 9.77. The summed E-state index contributed by atoms with van der Waals surface area (Å²) in [6.45, 7) is -0.0255. The van der Waals surface area contributed by atoms with Crippen molar-refractivity contribution in [2.24, 2.45) is 23.7 Å². The second kappa shape index (κ2) is 7.38. The molecular weight excluding hydrogens is 356 g/mol. The summed E-state index contributed by atoms with van der Waals surface area (Å²) in [4.78, 5) is 13.8. The molecule has 0 aromatic heterocycles. The average molecular weight is 379 g/mol. The molecule has 1 amide bonds. The number of carbonyl (C=O) groups excluding carboxylic acids is 1. The van der Waals surface area contributed by atoms with Gasteiger partial charge in [0.25, 0.3) is 0 Å². The van der Waals surface area contributed by atoms with E-state index in [1.807, 2.05) is 24.5 Å². The number of carbonyl (C=O) groups is 1. The molecule has 2 aliphatic rings. The monoisotopic (exact) mass is 378 g/mol. The molecule has 2 fully saturated rings. The van der Waals surface area contributed by atoms with Crippen molar-refractivity contribution in [3.63, 3.8) is 0 Å². The van der Waals surface area contributed by atoms with E-state index in [1.54, 1.807) is 23.9 Å². The van der Waals surface area contributed by atoms with Gasteiger partial charge in [-0.05, 0) is 67.5 Å². The Kier molecular flexibility index (Phi) is 5.40. The molecule has 2 saturated carbocycles. The molecule has 0 saturated heterocycles. The third kappa shape index (κ3) is 4.01. The van der Waals surface area contributed by atoms with Gasteiger partial charge in [0.1, 0.15) is 6.54 Å². The zero-order chi connectivity index (χ0) is 18.0. The van der Waals surface area contributed by atoms with Crippen molar-refractivity contribution in [3.05, 3.63) is 24.3 Å². The van der Waals surface area contributed by atoms with E-state index in [9.17, 15) is 13.2 Å². The second-order valence-electron chi connectivity index (χ2n) is 6.86. The quantitative estimate of drug-likeness (QED) is 0.607. The molecule has 134 valence electrons. The maximum Gasteiger partial charge on any atom is 0.224 e. The maximum atomic E-state index is 12.8. The van der Waals surface area contributed by atoms with Gasteiger partial charge in [-0.3, -0.25) is 4.79 Å². The zero-order valence-electron chi connectivity index (χ0n) is 14.1. The molecule has 1 N–H and O–H groups in total. The van der Waals surface area contributed by atoms with Crippen LogP contribution in [0.3, 0.4) is 0 Å². The molecule has 3 rings (SSSR count). The summed E-state index contributed by atoms with van der Waals surface area (Å²) in [7, 11) is -3.43. The Balaban J connectivity index is 1.76. The normalized spacial score (nSPS) is 27.8. The molecule has 0 heterocycles. The smallest absolute Gasteiger partial charge is 0.224 e. The highest BCUT2D eigenvalue weighted by Gasteiger charge is 2.52. The minimum absolute atomic E-state index is 0.000521. The van der Waals surface area contributed by atoms with Gasteiger partial charge in [-0.15, -0.1) is 11.8 Å². The van der Waals surface area contributed by atoms with Crippen molar-refractivity contribution in [2.45, 2.75) is 29.1 Å². The standard InChI is InChI=1S/C18H22N2O3S2/c1-24-14-4-6-15(7-5-14)25(22,23)11-13-3-2-12-10-16(12)17(13)18(21)20-9-8-19/h4-7,12-13,16-17H,2-3,9-11H2,1H3,(H,20,21)/t12-,13+,16+,17+/m0/s1. The van der Waals surface area contributed by atoms with Crippen molar-refractivity contribution in [2.75, 3.05) is 18.6 Å². The fourth-order valence-corrected chi connectivity index (χ4v) is 6.09. The number of sulfone groups is 1. The van der Waals surface area contributed by atoms with Crippen LogP contribution in [0, 0.1) is 35.0 Å². The first-order chi connectivity index (χ1) is 12.0. The van der Waals surface area contributed by atoms with Crippen LogP contribution in [-0.4, -0.2) is 32.9 Å². The number of thioether (sulfide) groups is 1. The van der Waals surface area contributed by atoms with E-state index in [0.29, 0.717) is 10.8 Å². The van der Waals surface area contributed by atoms with Gasteiger partial charge in [0.2, 0.25) is 5.91 Å². The summed E-state index contributed by atoms with van der Waals surface area (Å²) < 4.78 is 25.6. The fraction of sp³-hybridized carbons (Fsp3) is 0.556. The van der Waals surface area contributed by atoms with Crippen LogP contribution >= 0.6 is 11.8 Å². The number of nitrogens with zero attached hydrogens (tertiary/aromatic N) is 1. The number of rotatable bonds is 6. The van der Waals surface area contributed by atoms with Gasteiger partial charge in [-0.25, -0.2) is 8.42 Å². The number of nitrogens with one attached hydrogen (secondary N) is 1. The van der Waals surface area contributed by atoms with Crippen LogP contribution in [0.4, 0.5) is 0 Å². The lowest BCUT2D eigenvalue weighted by Gasteiger charge is -2.30. The topological polar surface area (TPSA) is 87.0 Å².